The number of hydrogen-bond donors (Lipinski definition) is 0. The normalized spacial score (nSPS) is 20.8. The average Bonchev–Trinajstić information content (AvgIpc) is 2.88. The SMILES string of the molecule is CN1C(=O)C2N=C(Cl)[N+](CC(=O)c3ccccc3)=C2N(C)C1=O. The van der Waals surface area contributed by atoms with Crippen molar-refractivity contribution < 1.29 is 19.0 Å². The number of aliphatic imine (C=N–C) groups is 1. The van der Waals surface area contributed by atoms with E-state index in [4.69, 9.17) is 11.6 Å². The van der Waals surface area contributed by atoms with Crippen molar-refractivity contribution in [1.82, 2.24) is 9.80 Å². The molecule has 2 heterocycles. The van der Waals surface area contributed by atoms with Crippen molar-refractivity contribution >= 4 is 40.5 Å². The van der Waals surface area contributed by atoms with Gasteiger partial charge in [0.05, 0.1) is 7.05 Å². The summed E-state index contributed by atoms with van der Waals surface area (Å²) in [5.74, 6) is -0.331. The quantitative estimate of drug-likeness (QED) is 0.466. The average molecular weight is 334 g/mol. The zero-order valence-corrected chi connectivity index (χ0v) is 13.3. The van der Waals surface area contributed by atoms with Crippen molar-refractivity contribution in [1.29, 1.82) is 0 Å². The van der Waals surface area contributed by atoms with Gasteiger partial charge in [-0.15, -0.1) is 4.99 Å². The number of halogens is 1. The van der Waals surface area contributed by atoms with Crippen LogP contribution in [0.1, 0.15) is 10.4 Å². The van der Waals surface area contributed by atoms with Gasteiger partial charge in [-0.1, -0.05) is 30.3 Å². The minimum atomic E-state index is -0.890. The molecule has 0 saturated carbocycles. The molecule has 1 unspecified atom stereocenters. The van der Waals surface area contributed by atoms with E-state index in [1.807, 2.05) is 6.07 Å². The number of amidine groups is 2. The molecule has 0 spiro atoms. The third kappa shape index (κ3) is 2.43. The fourth-order valence-electron chi connectivity index (χ4n) is 2.61. The zero-order chi connectivity index (χ0) is 16.7. The Kier molecular flexibility index (Phi) is 3.73. The first-order chi connectivity index (χ1) is 10.9. The maximum Gasteiger partial charge on any atom is 0.388 e. The fourth-order valence-corrected chi connectivity index (χ4v) is 2.86. The number of ketones is 1. The highest BCUT2D eigenvalue weighted by Gasteiger charge is 2.52. The molecule has 7 nitrogen and oxygen atoms in total. The van der Waals surface area contributed by atoms with Crippen LogP contribution < -0.4 is 0 Å². The predicted octanol–water partition coefficient (Wildman–Crippen LogP) is 0.781. The van der Waals surface area contributed by atoms with E-state index in [0.717, 1.165) is 4.90 Å². The number of amides is 3. The van der Waals surface area contributed by atoms with Gasteiger partial charge >= 0.3 is 11.3 Å². The molecule has 0 aromatic heterocycles. The van der Waals surface area contributed by atoms with Gasteiger partial charge in [0, 0.05) is 12.6 Å². The lowest BCUT2D eigenvalue weighted by atomic mass is 10.1. The van der Waals surface area contributed by atoms with Crippen LogP contribution in [0.4, 0.5) is 4.79 Å². The van der Waals surface area contributed by atoms with Crippen molar-refractivity contribution in [3.8, 4) is 0 Å². The number of rotatable bonds is 3. The van der Waals surface area contributed by atoms with Crippen LogP contribution in [-0.4, -0.2) is 69.9 Å². The first kappa shape index (κ1) is 15.4. The summed E-state index contributed by atoms with van der Waals surface area (Å²) in [5.41, 5.74) is 0.522. The van der Waals surface area contributed by atoms with E-state index in [-0.39, 0.29) is 17.6 Å². The van der Waals surface area contributed by atoms with E-state index >= 15 is 0 Å². The standard InChI is InChI=1S/C15H14ClN4O3/c1-18-12-11(13(22)19(2)15(18)23)17-14(16)20(12)8-10(21)9-6-4-3-5-7-9/h3-7,11H,8H2,1-2H3/q+1. The monoisotopic (exact) mass is 333 g/mol. The number of fused-ring (bicyclic) bond motifs is 1. The Morgan fingerprint density at radius 3 is 2.52 bits per heavy atom. The molecular formula is C15H14ClN4O3+. The van der Waals surface area contributed by atoms with Crippen molar-refractivity contribution in [2.45, 2.75) is 6.04 Å². The predicted molar refractivity (Wildman–Crippen MR) is 83.9 cm³/mol. The van der Waals surface area contributed by atoms with Crippen molar-refractivity contribution in [2.24, 2.45) is 4.99 Å². The molecule has 1 atom stereocenters. The van der Waals surface area contributed by atoms with E-state index in [1.165, 1.54) is 23.6 Å². The Hall–Kier alpha value is -2.54. The molecule has 0 N–H and O–H groups in total. The van der Waals surface area contributed by atoms with Crippen LogP contribution in [0, 0.1) is 0 Å². The van der Waals surface area contributed by atoms with Crippen molar-refractivity contribution in [3.05, 3.63) is 35.9 Å². The molecule has 0 aliphatic carbocycles. The number of hydrogen-bond acceptors (Lipinski definition) is 4. The highest BCUT2D eigenvalue weighted by molar-refractivity contribution is 6.63. The van der Waals surface area contributed by atoms with Crippen LogP contribution in [0.25, 0.3) is 0 Å². The zero-order valence-electron chi connectivity index (χ0n) is 12.6. The number of nitrogens with zero attached hydrogens (tertiary/aromatic N) is 4. The highest BCUT2D eigenvalue weighted by atomic mass is 35.5. The number of carbonyl (C=O) groups is 3. The number of benzene rings is 1. The van der Waals surface area contributed by atoms with Crippen LogP contribution in [-0.2, 0) is 4.79 Å². The molecule has 1 saturated heterocycles. The minimum Gasteiger partial charge on any atom is -0.291 e. The van der Waals surface area contributed by atoms with Crippen LogP contribution in [0.2, 0.25) is 0 Å². The van der Waals surface area contributed by atoms with E-state index in [1.54, 1.807) is 24.3 Å². The third-order valence-electron chi connectivity index (χ3n) is 3.86. The highest BCUT2D eigenvalue weighted by Crippen LogP contribution is 2.20. The fraction of sp³-hybridized carbons (Fsp3) is 0.267. The van der Waals surface area contributed by atoms with Gasteiger partial charge in [0.2, 0.25) is 0 Å². The molecule has 0 radical (unpaired) electrons. The molecule has 8 heteroatoms. The molecule has 3 amide bonds. The van der Waals surface area contributed by atoms with Gasteiger partial charge in [-0.05, 0) is 11.6 Å². The lowest BCUT2D eigenvalue weighted by Crippen LogP contribution is -2.60. The van der Waals surface area contributed by atoms with Gasteiger partial charge in [0.15, 0.2) is 5.78 Å². The molecule has 118 valence electrons. The van der Waals surface area contributed by atoms with Crippen molar-refractivity contribution in [3.63, 3.8) is 0 Å². The lowest BCUT2D eigenvalue weighted by molar-refractivity contribution is -0.389. The smallest absolute Gasteiger partial charge is 0.291 e. The van der Waals surface area contributed by atoms with Crippen molar-refractivity contribution in [2.75, 3.05) is 20.6 Å². The summed E-state index contributed by atoms with van der Waals surface area (Å²) < 4.78 is 1.41. The molecular weight excluding hydrogens is 320 g/mol. The number of urea groups is 1. The first-order valence-corrected chi connectivity index (χ1v) is 7.31. The number of imide groups is 1. The molecule has 1 aromatic rings. The summed E-state index contributed by atoms with van der Waals surface area (Å²) >= 11 is 6.10. The number of carbonyl (C=O) groups excluding carboxylic acids is 3. The summed E-state index contributed by atoms with van der Waals surface area (Å²) in [5, 5.41) is 0.0255. The summed E-state index contributed by atoms with van der Waals surface area (Å²) in [6.45, 7) is -0.0905. The largest absolute Gasteiger partial charge is 0.388 e. The van der Waals surface area contributed by atoms with Crippen LogP contribution >= 0.6 is 11.6 Å². The molecule has 1 fully saturated rings. The Bertz CT molecular complexity index is 772. The molecule has 0 bridgehead atoms. The Labute approximate surface area is 137 Å². The lowest BCUT2D eigenvalue weighted by Gasteiger charge is -2.27. The Morgan fingerprint density at radius 2 is 1.87 bits per heavy atom. The Balaban J connectivity index is 1.97. The minimum absolute atomic E-state index is 0.0255. The van der Waals surface area contributed by atoms with Gasteiger partial charge in [0.1, 0.15) is 6.54 Å². The topological polar surface area (TPSA) is 73.1 Å². The van der Waals surface area contributed by atoms with Gasteiger partial charge in [-0.2, -0.15) is 0 Å². The van der Waals surface area contributed by atoms with E-state index in [2.05, 4.69) is 4.99 Å². The number of likely N-dealkylation sites (N-methyl/N-ethyl adjacent to an activating group) is 2. The van der Waals surface area contributed by atoms with E-state index in [9.17, 15) is 14.4 Å². The van der Waals surface area contributed by atoms with Gasteiger partial charge in [-0.3, -0.25) is 14.5 Å². The van der Waals surface area contributed by atoms with Gasteiger partial charge in [0.25, 0.3) is 17.8 Å². The molecule has 23 heavy (non-hydrogen) atoms. The van der Waals surface area contributed by atoms with Gasteiger partial charge in [-0.25, -0.2) is 14.3 Å². The first-order valence-electron chi connectivity index (χ1n) is 6.93. The second-order valence-corrected chi connectivity index (χ2v) is 5.61. The van der Waals surface area contributed by atoms with E-state index < -0.39 is 18.0 Å². The molecule has 1 aromatic carbocycles. The van der Waals surface area contributed by atoms with Crippen LogP contribution in [0.3, 0.4) is 0 Å². The summed E-state index contributed by atoms with van der Waals surface area (Å²) in [6.07, 6.45) is 0. The van der Waals surface area contributed by atoms with E-state index in [0.29, 0.717) is 11.4 Å². The number of Topliss-reactive ketones (excluding diaryl/α,β-unsaturated/α-hetero) is 1. The Morgan fingerprint density at radius 1 is 1.22 bits per heavy atom. The van der Waals surface area contributed by atoms with Gasteiger partial charge < -0.3 is 0 Å². The second kappa shape index (κ2) is 5.58. The van der Waals surface area contributed by atoms with Crippen LogP contribution in [0.15, 0.2) is 35.3 Å². The molecule has 2 aliphatic rings. The third-order valence-corrected chi connectivity index (χ3v) is 4.16. The summed E-state index contributed by atoms with van der Waals surface area (Å²) in [7, 11) is 2.91. The molecule has 3 rings (SSSR count). The second-order valence-electron chi connectivity index (χ2n) is 5.27. The van der Waals surface area contributed by atoms with Crippen LogP contribution in [0.5, 0.6) is 0 Å². The summed E-state index contributed by atoms with van der Waals surface area (Å²) in [6, 6.07) is 7.35. The maximum absolute atomic E-state index is 12.4. The molecule has 2 aliphatic heterocycles. The summed E-state index contributed by atoms with van der Waals surface area (Å²) in [4.78, 5) is 43.0. The maximum atomic E-state index is 12.4.